The number of benzene rings is 1. The number of aliphatic hydroxyl groups is 1. The normalized spacial score (nSPS) is 18.8. The van der Waals surface area contributed by atoms with Gasteiger partial charge in [0.2, 0.25) is 0 Å². The van der Waals surface area contributed by atoms with Gasteiger partial charge >= 0.3 is 0 Å². The Morgan fingerprint density at radius 3 is 2.70 bits per heavy atom. The standard InChI is InChI=1S/C15H24N2O3/c1-17-8-6-11(7-9-17)20-14-5-3-4-12(13(16)10-18)15(14)19-2/h3-5,11,13,18H,6-10,16H2,1-2H3. The van der Waals surface area contributed by atoms with E-state index in [1.807, 2.05) is 18.2 Å². The number of aliphatic hydroxyl groups excluding tert-OH is 1. The van der Waals surface area contributed by atoms with Crippen LogP contribution in [0.25, 0.3) is 0 Å². The molecule has 0 bridgehead atoms. The van der Waals surface area contributed by atoms with Crippen LogP contribution < -0.4 is 15.2 Å². The molecule has 1 atom stereocenters. The molecule has 1 heterocycles. The predicted molar refractivity (Wildman–Crippen MR) is 78.2 cm³/mol. The smallest absolute Gasteiger partial charge is 0.165 e. The number of para-hydroxylation sites is 1. The van der Waals surface area contributed by atoms with Crippen LogP contribution in [0.5, 0.6) is 11.5 Å². The zero-order chi connectivity index (χ0) is 14.5. The molecule has 0 aliphatic carbocycles. The summed E-state index contributed by atoms with van der Waals surface area (Å²) in [5, 5.41) is 9.22. The number of methoxy groups -OCH3 is 1. The van der Waals surface area contributed by atoms with Gasteiger partial charge in [0.15, 0.2) is 11.5 Å². The Morgan fingerprint density at radius 1 is 1.40 bits per heavy atom. The third kappa shape index (κ3) is 3.42. The van der Waals surface area contributed by atoms with Crippen LogP contribution in [-0.2, 0) is 0 Å². The fourth-order valence-electron chi connectivity index (χ4n) is 2.52. The molecule has 5 nitrogen and oxygen atoms in total. The van der Waals surface area contributed by atoms with Gasteiger partial charge in [-0.2, -0.15) is 0 Å². The highest BCUT2D eigenvalue weighted by Crippen LogP contribution is 2.35. The van der Waals surface area contributed by atoms with E-state index in [1.165, 1.54) is 0 Å². The van der Waals surface area contributed by atoms with E-state index in [0.29, 0.717) is 11.5 Å². The van der Waals surface area contributed by atoms with Crippen LogP contribution in [0.4, 0.5) is 0 Å². The average Bonchev–Trinajstić information content (AvgIpc) is 2.48. The van der Waals surface area contributed by atoms with Crippen molar-refractivity contribution in [1.29, 1.82) is 0 Å². The predicted octanol–water partition coefficient (Wildman–Crippen LogP) is 1.16. The lowest BCUT2D eigenvalue weighted by molar-refractivity contribution is 0.111. The lowest BCUT2D eigenvalue weighted by atomic mass is 10.1. The minimum Gasteiger partial charge on any atom is -0.493 e. The molecule has 3 N–H and O–H groups in total. The molecule has 1 saturated heterocycles. The molecule has 0 aromatic heterocycles. The van der Waals surface area contributed by atoms with Crippen LogP contribution in [0.3, 0.4) is 0 Å². The number of rotatable bonds is 5. The molecule has 0 saturated carbocycles. The summed E-state index contributed by atoms with van der Waals surface area (Å²) >= 11 is 0. The Morgan fingerprint density at radius 2 is 2.10 bits per heavy atom. The van der Waals surface area contributed by atoms with Gasteiger partial charge < -0.3 is 25.2 Å². The number of likely N-dealkylation sites (tertiary alicyclic amines) is 1. The summed E-state index contributed by atoms with van der Waals surface area (Å²) in [7, 11) is 3.72. The number of ether oxygens (including phenoxy) is 2. The van der Waals surface area contributed by atoms with E-state index in [0.717, 1.165) is 31.5 Å². The SMILES string of the molecule is COc1c(OC2CCN(C)CC2)cccc1C(N)CO. The number of nitrogens with two attached hydrogens (primary N) is 1. The summed E-state index contributed by atoms with van der Waals surface area (Å²) in [5.41, 5.74) is 6.68. The van der Waals surface area contributed by atoms with Gasteiger partial charge in [0.05, 0.1) is 19.8 Å². The van der Waals surface area contributed by atoms with Crippen molar-refractivity contribution in [2.24, 2.45) is 5.73 Å². The highest BCUT2D eigenvalue weighted by Gasteiger charge is 2.21. The Kier molecular flexibility index (Phi) is 5.23. The van der Waals surface area contributed by atoms with Crippen molar-refractivity contribution < 1.29 is 14.6 Å². The largest absolute Gasteiger partial charge is 0.493 e. The van der Waals surface area contributed by atoms with Gasteiger partial charge in [0, 0.05) is 18.7 Å². The first-order chi connectivity index (χ1) is 9.65. The molecule has 0 amide bonds. The van der Waals surface area contributed by atoms with E-state index in [-0.39, 0.29) is 12.7 Å². The van der Waals surface area contributed by atoms with Gasteiger partial charge in [-0.3, -0.25) is 0 Å². The average molecular weight is 280 g/mol. The van der Waals surface area contributed by atoms with Gasteiger partial charge in [-0.25, -0.2) is 0 Å². The van der Waals surface area contributed by atoms with Gasteiger partial charge in [-0.1, -0.05) is 12.1 Å². The van der Waals surface area contributed by atoms with Crippen LogP contribution in [0.15, 0.2) is 18.2 Å². The van der Waals surface area contributed by atoms with Crippen molar-refractivity contribution in [3.05, 3.63) is 23.8 Å². The first kappa shape index (κ1) is 15.1. The Bertz CT molecular complexity index is 431. The summed E-state index contributed by atoms with van der Waals surface area (Å²) in [4.78, 5) is 2.30. The summed E-state index contributed by atoms with van der Waals surface area (Å²) in [6.45, 7) is 1.97. The molecular formula is C15H24N2O3. The topological polar surface area (TPSA) is 68.0 Å². The molecule has 2 rings (SSSR count). The van der Waals surface area contributed by atoms with Crippen LogP contribution in [0.1, 0.15) is 24.4 Å². The van der Waals surface area contributed by atoms with Crippen LogP contribution in [0.2, 0.25) is 0 Å². The molecule has 1 aromatic rings. The van der Waals surface area contributed by atoms with E-state index < -0.39 is 6.04 Å². The van der Waals surface area contributed by atoms with Crippen molar-refractivity contribution in [1.82, 2.24) is 4.90 Å². The highest BCUT2D eigenvalue weighted by molar-refractivity contribution is 5.48. The first-order valence-electron chi connectivity index (χ1n) is 7.04. The van der Waals surface area contributed by atoms with Gasteiger partial charge in [0.25, 0.3) is 0 Å². The van der Waals surface area contributed by atoms with E-state index in [4.69, 9.17) is 15.2 Å². The quantitative estimate of drug-likeness (QED) is 0.847. The van der Waals surface area contributed by atoms with E-state index in [2.05, 4.69) is 11.9 Å². The molecule has 0 radical (unpaired) electrons. The molecule has 112 valence electrons. The fourth-order valence-corrected chi connectivity index (χ4v) is 2.52. The lowest BCUT2D eigenvalue weighted by Crippen LogP contribution is -2.35. The van der Waals surface area contributed by atoms with E-state index in [1.54, 1.807) is 7.11 Å². The van der Waals surface area contributed by atoms with Crippen LogP contribution in [0, 0.1) is 0 Å². The number of hydrogen-bond donors (Lipinski definition) is 2. The molecule has 20 heavy (non-hydrogen) atoms. The zero-order valence-corrected chi connectivity index (χ0v) is 12.2. The summed E-state index contributed by atoms with van der Waals surface area (Å²) < 4.78 is 11.5. The Balaban J connectivity index is 2.14. The zero-order valence-electron chi connectivity index (χ0n) is 12.2. The Labute approximate surface area is 120 Å². The van der Waals surface area contributed by atoms with Crippen molar-refractivity contribution in [3.63, 3.8) is 0 Å². The summed E-state index contributed by atoms with van der Waals surface area (Å²) in [5.74, 6) is 1.34. The maximum absolute atomic E-state index is 9.22. The monoisotopic (exact) mass is 280 g/mol. The molecular weight excluding hydrogens is 256 g/mol. The summed E-state index contributed by atoms with van der Waals surface area (Å²) in [6.07, 6.45) is 2.23. The maximum atomic E-state index is 9.22. The fraction of sp³-hybridized carbons (Fsp3) is 0.600. The van der Waals surface area contributed by atoms with Crippen molar-refractivity contribution in [3.8, 4) is 11.5 Å². The molecule has 1 aliphatic rings. The van der Waals surface area contributed by atoms with E-state index in [9.17, 15) is 5.11 Å². The molecule has 1 aliphatic heterocycles. The minimum atomic E-state index is -0.453. The maximum Gasteiger partial charge on any atom is 0.165 e. The van der Waals surface area contributed by atoms with Crippen molar-refractivity contribution in [2.75, 3.05) is 33.9 Å². The number of nitrogens with zero attached hydrogens (tertiary/aromatic N) is 1. The summed E-state index contributed by atoms with van der Waals surface area (Å²) in [6, 6.07) is 5.19. The van der Waals surface area contributed by atoms with Crippen LogP contribution in [-0.4, -0.2) is 50.0 Å². The minimum absolute atomic E-state index is 0.117. The molecule has 1 aromatic carbocycles. The molecule has 0 spiro atoms. The third-order valence-corrected chi connectivity index (χ3v) is 3.77. The molecule has 1 unspecified atom stereocenters. The van der Waals surface area contributed by atoms with Crippen molar-refractivity contribution >= 4 is 0 Å². The van der Waals surface area contributed by atoms with Crippen LogP contribution >= 0.6 is 0 Å². The first-order valence-corrected chi connectivity index (χ1v) is 7.04. The number of piperidine rings is 1. The van der Waals surface area contributed by atoms with E-state index >= 15 is 0 Å². The second kappa shape index (κ2) is 6.92. The van der Waals surface area contributed by atoms with Gasteiger partial charge in [-0.15, -0.1) is 0 Å². The van der Waals surface area contributed by atoms with Gasteiger partial charge in [0.1, 0.15) is 6.10 Å². The third-order valence-electron chi connectivity index (χ3n) is 3.77. The van der Waals surface area contributed by atoms with Crippen molar-refractivity contribution in [2.45, 2.75) is 25.0 Å². The second-order valence-electron chi connectivity index (χ2n) is 5.29. The number of hydrogen-bond acceptors (Lipinski definition) is 5. The highest BCUT2D eigenvalue weighted by atomic mass is 16.5. The van der Waals surface area contributed by atoms with Gasteiger partial charge in [-0.05, 0) is 26.0 Å². The Hall–Kier alpha value is -1.30. The molecule has 1 fully saturated rings. The molecule has 5 heteroatoms. The lowest BCUT2D eigenvalue weighted by Gasteiger charge is -2.30. The second-order valence-corrected chi connectivity index (χ2v) is 5.29.